The van der Waals surface area contributed by atoms with E-state index < -0.39 is 6.10 Å². The number of nitrogens with zero attached hydrogens (tertiary/aromatic N) is 1. The first-order valence-electron chi connectivity index (χ1n) is 4.59. The smallest absolute Gasteiger partial charge is 0.0789 e. The molecule has 0 aromatic rings. The van der Waals surface area contributed by atoms with Crippen molar-refractivity contribution >= 4 is 0 Å². The van der Waals surface area contributed by atoms with Crippen LogP contribution in [0.25, 0.3) is 0 Å². The van der Waals surface area contributed by atoms with Gasteiger partial charge in [-0.2, -0.15) is 0 Å². The van der Waals surface area contributed by atoms with Crippen molar-refractivity contribution in [2.24, 2.45) is 5.73 Å². The lowest BCUT2D eigenvalue weighted by Gasteiger charge is -2.18. The van der Waals surface area contributed by atoms with E-state index in [1.54, 1.807) is 0 Å². The van der Waals surface area contributed by atoms with Gasteiger partial charge < -0.3 is 10.8 Å². The minimum atomic E-state index is -0.406. The van der Waals surface area contributed by atoms with Crippen LogP contribution in [-0.2, 0) is 0 Å². The summed E-state index contributed by atoms with van der Waals surface area (Å²) in [6.07, 6.45) is 1.49. The van der Waals surface area contributed by atoms with Gasteiger partial charge >= 0.3 is 0 Å². The fraction of sp³-hybridized carbons (Fsp3) is 0.600. The number of aliphatic hydroxyl groups excluding tert-OH is 1. The normalized spacial score (nSPS) is 20.8. The number of nitrogens with two attached hydrogens (primary N) is 1. The molecule has 0 aromatic heterocycles. The lowest BCUT2D eigenvalue weighted by molar-refractivity contribution is 0.133. The molecule has 3 heteroatoms. The maximum atomic E-state index is 9.35. The molecule has 74 valence electrons. The van der Waals surface area contributed by atoms with Crippen molar-refractivity contribution in [2.45, 2.75) is 13.0 Å². The van der Waals surface area contributed by atoms with Gasteiger partial charge in [-0.15, -0.1) is 0 Å². The Kier molecular flexibility index (Phi) is 3.66. The summed E-state index contributed by atoms with van der Waals surface area (Å²) in [5.41, 5.74) is 7.97. The molecular weight excluding hydrogens is 164 g/mol. The van der Waals surface area contributed by atoms with Gasteiger partial charge in [0.25, 0.3) is 0 Å². The molecule has 1 aliphatic rings. The van der Waals surface area contributed by atoms with Gasteiger partial charge in [-0.1, -0.05) is 18.2 Å². The van der Waals surface area contributed by atoms with Crippen LogP contribution in [0.1, 0.15) is 6.92 Å². The summed E-state index contributed by atoms with van der Waals surface area (Å²) >= 11 is 0. The Hall–Kier alpha value is -0.640. The van der Waals surface area contributed by atoms with E-state index in [0.717, 1.165) is 13.1 Å². The zero-order chi connectivity index (χ0) is 9.84. The average Bonchev–Trinajstić information content (AvgIpc) is 2.46. The number of hydrogen-bond donors (Lipinski definition) is 2. The van der Waals surface area contributed by atoms with Gasteiger partial charge in [-0.05, 0) is 12.5 Å². The third kappa shape index (κ3) is 2.66. The second kappa shape index (κ2) is 4.56. The van der Waals surface area contributed by atoms with Crippen molar-refractivity contribution in [1.29, 1.82) is 0 Å². The standard InChI is InChI=1S/C10H18N2O/c1-3-9-6-12(5-8(9)2)7-10(13)4-11/h3,10,13H,1,4-7,11H2,2H3. The molecular formula is C10H18N2O. The quantitative estimate of drug-likeness (QED) is 0.649. The highest BCUT2D eigenvalue weighted by Crippen LogP contribution is 2.17. The fourth-order valence-electron chi connectivity index (χ4n) is 1.61. The SMILES string of the molecule is C=CC1=C(C)CN(CC(O)CN)C1. The zero-order valence-electron chi connectivity index (χ0n) is 8.16. The Morgan fingerprint density at radius 1 is 1.69 bits per heavy atom. The first-order chi connectivity index (χ1) is 6.17. The highest BCUT2D eigenvalue weighted by atomic mass is 16.3. The second-order valence-corrected chi connectivity index (χ2v) is 3.57. The Labute approximate surface area is 79.5 Å². The lowest BCUT2D eigenvalue weighted by Crippen LogP contribution is -2.35. The van der Waals surface area contributed by atoms with Crippen LogP contribution in [0.2, 0.25) is 0 Å². The summed E-state index contributed by atoms with van der Waals surface area (Å²) in [6.45, 7) is 8.67. The predicted molar refractivity (Wildman–Crippen MR) is 54.4 cm³/mol. The van der Waals surface area contributed by atoms with Gasteiger partial charge in [0, 0.05) is 26.2 Å². The minimum Gasteiger partial charge on any atom is -0.390 e. The third-order valence-electron chi connectivity index (χ3n) is 2.39. The number of rotatable bonds is 4. The lowest BCUT2D eigenvalue weighted by atomic mass is 10.2. The van der Waals surface area contributed by atoms with Gasteiger partial charge in [0.05, 0.1) is 6.10 Å². The fourth-order valence-corrected chi connectivity index (χ4v) is 1.61. The first kappa shape index (κ1) is 10.4. The van der Waals surface area contributed by atoms with Crippen LogP contribution >= 0.6 is 0 Å². The highest BCUT2D eigenvalue weighted by molar-refractivity contribution is 5.29. The van der Waals surface area contributed by atoms with Crippen LogP contribution in [0.4, 0.5) is 0 Å². The summed E-state index contributed by atoms with van der Waals surface area (Å²) in [6, 6.07) is 0. The Balaban J connectivity index is 2.41. The molecule has 0 bridgehead atoms. The summed E-state index contributed by atoms with van der Waals surface area (Å²) in [7, 11) is 0. The van der Waals surface area contributed by atoms with Crippen molar-refractivity contribution < 1.29 is 5.11 Å². The Morgan fingerprint density at radius 3 is 2.85 bits per heavy atom. The van der Waals surface area contributed by atoms with Crippen LogP contribution in [-0.4, -0.2) is 42.3 Å². The molecule has 0 radical (unpaired) electrons. The van der Waals surface area contributed by atoms with Gasteiger partial charge in [0.15, 0.2) is 0 Å². The van der Waals surface area contributed by atoms with Crippen LogP contribution in [0.3, 0.4) is 0 Å². The van der Waals surface area contributed by atoms with Crippen LogP contribution in [0.15, 0.2) is 23.8 Å². The van der Waals surface area contributed by atoms with Crippen molar-refractivity contribution in [3.63, 3.8) is 0 Å². The predicted octanol–water partition coefficient (Wildman–Crippen LogP) is 0.124. The molecule has 1 rings (SSSR count). The Morgan fingerprint density at radius 2 is 2.38 bits per heavy atom. The van der Waals surface area contributed by atoms with E-state index in [9.17, 15) is 5.11 Å². The van der Waals surface area contributed by atoms with Crippen molar-refractivity contribution in [3.05, 3.63) is 23.8 Å². The molecule has 1 unspecified atom stereocenters. The third-order valence-corrected chi connectivity index (χ3v) is 2.39. The summed E-state index contributed by atoms with van der Waals surface area (Å²) < 4.78 is 0. The maximum Gasteiger partial charge on any atom is 0.0789 e. The highest BCUT2D eigenvalue weighted by Gasteiger charge is 2.18. The van der Waals surface area contributed by atoms with Gasteiger partial charge in [-0.3, -0.25) is 4.90 Å². The molecule has 3 N–H and O–H groups in total. The summed E-state index contributed by atoms with van der Waals surface area (Å²) in [4.78, 5) is 2.18. The van der Waals surface area contributed by atoms with E-state index in [0.29, 0.717) is 13.1 Å². The molecule has 1 aliphatic heterocycles. The zero-order valence-corrected chi connectivity index (χ0v) is 8.16. The summed E-state index contributed by atoms with van der Waals surface area (Å²) in [5, 5.41) is 9.35. The molecule has 0 amide bonds. The number of β-amino-alcohol motifs (C(OH)–C–C–N with tert-alkyl or cyclic N) is 1. The van der Waals surface area contributed by atoms with E-state index in [4.69, 9.17) is 5.73 Å². The molecule has 1 atom stereocenters. The topological polar surface area (TPSA) is 49.5 Å². The molecule has 13 heavy (non-hydrogen) atoms. The van der Waals surface area contributed by atoms with Crippen LogP contribution < -0.4 is 5.73 Å². The van der Waals surface area contributed by atoms with E-state index in [2.05, 4.69) is 18.4 Å². The van der Waals surface area contributed by atoms with E-state index in [1.165, 1.54) is 11.1 Å². The molecule has 0 saturated carbocycles. The molecule has 0 saturated heterocycles. The van der Waals surface area contributed by atoms with Crippen LogP contribution in [0, 0.1) is 0 Å². The molecule has 3 nitrogen and oxygen atoms in total. The first-order valence-corrected chi connectivity index (χ1v) is 4.59. The molecule has 0 aliphatic carbocycles. The van der Waals surface area contributed by atoms with Crippen molar-refractivity contribution in [1.82, 2.24) is 4.90 Å². The van der Waals surface area contributed by atoms with Gasteiger partial charge in [-0.25, -0.2) is 0 Å². The monoisotopic (exact) mass is 182 g/mol. The van der Waals surface area contributed by atoms with Gasteiger partial charge in [0.1, 0.15) is 0 Å². The molecule has 0 spiro atoms. The second-order valence-electron chi connectivity index (χ2n) is 3.57. The van der Waals surface area contributed by atoms with E-state index in [1.807, 2.05) is 6.08 Å². The maximum absolute atomic E-state index is 9.35. The Bertz CT molecular complexity index is 223. The number of hydrogen-bond acceptors (Lipinski definition) is 3. The van der Waals surface area contributed by atoms with Crippen LogP contribution in [0.5, 0.6) is 0 Å². The van der Waals surface area contributed by atoms with E-state index >= 15 is 0 Å². The molecule has 0 fully saturated rings. The van der Waals surface area contributed by atoms with Gasteiger partial charge in [0.2, 0.25) is 0 Å². The molecule has 0 aromatic carbocycles. The summed E-state index contributed by atoms with van der Waals surface area (Å²) in [5.74, 6) is 0. The van der Waals surface area contributed by atoms with E-state index in [-0.39, 0.29) is 0 Å². The number of aliphatic hydroxyl groups is 1. The average molecular weight is 182 g/mol. The minimum absolute atomic E-state index is 0.332. The molecule has 1 heterocycles. The van der Waals surface area contributed by atoms with Crippen molar-refractivity contribution in [2.75, 3.05) is 26.2 Å². The van der Waals surface area contributed by atoms with Crippen molar-refractivity contribution in [3.8, 4) is 0 Å². The largest absolute Gasteiger partial charge is 0.390 e.